The molecule has 0 aliphatic heterocycles. The Bertz CT molecular complexity index is 1470. The third kappa shape index (κ3) is 9.41. The Balaban J connectivity index is 0.000000180. The molecule has 1 heterocycles. The number of rotatable bonds is 7. The van der Waals surface area contributed by atoms with Gasteiger partial charge in [-0.1, -0.05) is 88.8 Å². The number of hydrogen-bond donors (Lipinski definition) is 1. The molecule has 0 fully saturated rings. The number of methoxy groups -OCH3 is 2. The molecule has 0 aliphatic rings. The van der Waals surface area contributed by atoms with Crippen LogP contribution in [0.25, 0.3) is 21.8 Å². The highest BCUT2D eigenvalue weighted by atomic mass is 79.9. The van der Waals surface area contributed by atoms with Gasteiger partial charge in [-0.05, 0) is 48.5 Å². The Kier molecular flexibility index (Phi) is 12.5. The average molecular weight is 634 g/mol. The highest BCUT2D eigenvalue weighted by Crippen LogP contribution is 2.29. The molecule has 5 nitrogen and oxygen atoms in total. The van der Waals surface area contributed by atoms with Crippen LogP contribution in [-0.4, -0.2) is 35.3 Å². The first-order valence-electron chi connectivity index (χ1n) is 12.2. The summed E-state index contributed by atoms with van der Waals surface area (Å²) in [6, 6.07) is 34.8. The van der Waals surface area contributed by atoms with Crippen molar-refractivity contribution in [2.24, 2.45) is 5.73 Å². The topological polar surface area (TPSA) is 74.4 Å². The second-order valence-corrected chi connectivity index (χ2v) is 10.0. The Morgan fingerprint density at radius 3 is 1.80 bits per heavy atom. The van der Waals surface area contributed by atoms with Crippen molar-refractivity contribution in [3.63, 3.8) is 0 Å². The number of ketones is 1. The molecule has 2 N–H and O–H groups in total. The smallest absolute Gasteiger partial charge is 0.173 e. The number of thiocarbonyl (C=S) groups is 1. The van der Waals surface area contributed by atoms with E-state index in [-0.39, 0.29) is 5.78 Å². The molecule has 8 heteroatoms. The zero-order valence-electron chi connectivity index (χ0n) is 22.1. The van der Waals surface area contributed by atoms with E-state index in [1.54, 1.807) is 25.6 Å². The SMILES string of the molecule is COc1ccc(-c2nc(-c3ccccc3)cs2)cc1.COc1ccc(C(N)=S)cc1.O=C(CBr)c1ccccc1. The molecule has 204 valence electrons. The summed E-state index contributed by atoms with van der Waals surface area (Å²) in [5.41, 5.74) is 10.3. The van der Waals surface area contributed by atoms with Gasteiger partial charge < -0.3 is 15.2 Å². The van der Waals surface area contributed by atoms with Gasteiger partial charge in [-0.3, -0.25) is 4.79 Å². The van der Waals surface area contributed by atoms with Crippen LogP contribution in [0.3, 0.4) is 0 Å². The van der Waals surface area contributed by atoms with Crippen LogP contribution in [0, 0.1) is 0 Å². The van der Waals surface area contributed by atoms with E-state index in [0.717, 1.165) is 44.5 Å². The summed E-state index contributed by atoms with van der Waals surface area (Å²) >= 11 is 9.54. The quantitative estimate of drug-likeness (QED) is 0.111. The maximum absolute atomic E-state index is 11.0. The second-order valence-electron chi connectivity index (χ2n) is 8.15. The molecule has 0 saturated heterocycles. The number of alkyl halides is 1. The van der Waals surface area contributed by atoms with E-state index in [9.17, 15) is 4.79 Å². The first-order chi connectivity index (χ1) is 19.4. The van der Waals surface area contributed by atoms with Crippen LogP contribution >= 0.6 is 39.5 Å². The predicted octanol–water partition coefficient (Wildman–Crippen LogP) is 8.08. The first kappa shape index (κ1) is 30.7. The molecule has 0 radical (unpaired) electrons. The number of ether oxygens (including phenoxy) is 2. The molecule has 5 aromatic rings. The van der Waals surface area contributed by atoms with E-state index >= 15 is 0 Å². The van der Waals surface area contributed by atoms with Gasteiger partial charge in [0.25, 0.3) is 0 Å². The molecule has 1 aromatic heterocycles. The highest BCUT2D eigenvalue weighted by molar-refractivity contribution is 9.09. The normalized spacial score (nSPS) is 9.78. The summed E-state index contributed by atoms with van der Waals surface area (Å²) in [5, 5.41) is 3.52. The van der Waals surface area contributed by atoms with E-state index in [4.69, 9.17) is 27.4 Å². The zero-order valence-corrected chi connectivity index (χ0v) is 25.3. The number of carbonyl (C=O) groups is 1. The van der Waals surface area contributed by atoms with Gasteiger partial charge in [-0.2, -0.15) is 0 Å². The van der Waals surface area contributed by atoms with Gasteiger partial charge in [0.15, 0.2) is 5.78 Å². The molecule has 0 saturated carbocycles. The summed E-state index contributed by atoms with van der Waals surface area (Å²) in [4.78, 5) is 16.1. The molecular weight excluding hydrogens is 604 g/mol. The van der Waals surface area contributed by atoms with Crippen molar-refractivity contribution in [2.75, 3.05) is 19.5 Å². The number of halogens is 1. The molecule has 0 spiro atoms. The van der Waals surface area contributed by atoms with Crippen LogP contribution in [0.4, 0.5) is 0 Å². The molecular formula is C32H29BrN2O3S2. The lowest BCUT2D eigenvalue weighted by atomic mass is 10.2. The minimum Gasteiger partial charge on any atom is -0.497 e. The average Bonchev–Trinajstić information content (AvgIpc) is 3.53. The maximum Gasteiger partial charge on any atom is 0.173 e. The van der Waals surface area contributed by atoms with E-state index in [0.29, 0.717) is 10.3 Å². The van der Waals surface area contributed by atoms with Gasteiger partial charge in [0.05, 0.1) is 25.2 Å². The Morgan fingerprint density at radius 2 is 1.30 bits per heavy atom. The number of benzene rings is 4. The second kappa shape index (κ2) is 16.3. The Hall–Kier alpha value is -3.85. The summed E-state index contributed by atoms with van der Waals surface area (Å²) in [5.74, 6) is 1.80. The number of carbonyl (C=O) groups excluding carboxylic acids is 1. The number of nitrogens with zero attached hydrogens (tertiary/aromatic N) is 1. The minimum absolute atomic E-state index is 0.126. The molecule has 0 amide bonds. The van der Waals surface area contributed by atoms with E-state index in [1.807, 2.05) is 97.1 Å². The van der Waals surface area contributed by atoms with Crippen LogP contribution in [-0.2, 0) is 0 Å². The van der Waals surface area contributed by atoms with Crippen LogP contribution < -0.4 is 15.2 Å². The number of hydrogen-bond acceptors (Lipinski definition) is 6. The van der Waals surface area contributed by atoms with Gasteiger partial charge in [-0.25, -0.2) is 4.98 Å². The van der Waals surface area contributed by atoms with Gasteiger partial charge in [0.1, 0.15) is 21.5 Å². The van der Waals surface area contributed by atoms with Crippen molar-refractivity contribution in [1.29, 1.82) is 0 Å². The van der Waals surface area contributed by atoms with Crippen LogP contribution in [0.1, 0.15) is 15.9 Å². The fourth-order valence-electron chi connectivity index (χ4n) is 3.34. The lowest BCUT2D eigenvalue weighted by Crippen LogP contribution is -2.08. The molecule has 5 rings (SSSR count). The van der Waals surface area contributed by atoms with E-state index in [1.165, 1.54) is 0 Å². The van der Waals surface area contributed by atoms with Crippen molar-refractivity contribution < 1.29 is 14.3 Å². The van der Waals surface area contributed by atoms with Crippen molar-refractivity contribution in [3.8, 4) is 33.3 Å². The van der Waals surface area contributed by atoms with Crippen molar-refractivity contribution in [1.82, 2.24) is 4.98 Å². The summed E-state index contributed by atoms with van der Waals surface area (Å²) < 4.78 is 10.1. The number of nitrogens with two attached hydrogens (primary N) is 1. The highest BCUT2D eigenvalue weighted by Gasteiger charge is 2.06. The molecule has 40 heavy (non-hydrogen) atoms. The number of Topliss-reactive ketones (excluding diaryl/α,β-unsaturated/α-hetero) is 1. The monoisotopic (exact) mass is 632 g/mol. The number of thiazole rings is 1. The Morgan fingerprint density at radius 1 is 0.775 bits per heavy atom. The lowest BCUT2D eigenvalue weighted by Gasteiger charge is -2.00. The van der Waals surface area contributed by atoms with E-state index < -0.39 is 0 Å². The van der Waals surface area contributed by atoms with Crippen LogP contribution in [0.5, 0.6) is 11.5 Å². The summed E-state index contributed by atoms with van der Waals surface area (Å²) in [7, 11) is 3.29. The first-order valence-corrected chi connectivity index (χ1v) is 14.6. The minimum atomic E-state index is 0.126. The van der Waals surface area contributed by atoms with Crippen LogP contribution in [0.2, 0.25) is 0 Å². The number of aromatic nitrogens is 1. The summed E-state index contributed by atoms with van der Waals surface area (Å²) in [6.07, 6.45) is 0. The van der Waals surface area contributed by atoms with E-state index in [2.05, 4.69) is 38.4 Å². The van der Waals surface area contributed by atoms with Gasteiger partial charge in [0.2, 0.25) is 0 Å². The lowest BCUT2D eigenvalue weighted by molar-refractivity contribution is 0.102. The van der Waals surface area contributed by atoms with Gasteiger partial charge >= 0.3 is 0 Å². The van der Waals surface area contributed by atoms with Gasteiger partial charge in [-0.15, -0.1) is 11.3 Å². The summed E-state index contributed by atoms with van der Waals surface area (Å²) in [6.45, 7) is 0. The largest absolute Gasteiger partial charge is 0.497 e. The fourth-order valence-corrected chi connectivity index (χ4v) is 4.63. The third-order valence-electron chi connectivity index (χ3n) is 5.50. The van der Waals surface area contributed by atoms with Gasteiger partial charge in [0, 0.05) is 27.6 Å². The fraction of sp³-hybridized carbons (Fsp3) is 0.0938. The molecule has 4 aromatic carbocycles. The molecule has 0 unspecified atom stereocenters. The molecule has 0 bridgehead atoms. The third-order valence-corrected chi connectivity index (χ3v) is 7.14. The predicted molar refractivity (Wildman–Crippen MR) is 173 cm³/mol. The zero-order chi connectivity index (χ0) is 28.7. The standard InChI is InChI=1S/C16H13NOS.C8H7BrO.C8H9NOS/c1-18-14-9-7-13(8-10-14)16-17-15(11-19-16)12-5-3-2-4-6-12;9-6-8(10)7-4-2-1-3-5-7;1-10-7-4-2-6(3-5-7)8(9)11/h2-11H,1H3;1-5H,6H2;2-5H,1H3,(H2,9,11). The molecule has 0 aliphatic carbocycles. The van der Waals surface area contributed by atoms with Crippen molar-refractivity contribution >= 4 is 50.3 Å². The Labute approximate surface area is 252 Å². The van der Waals surface area contributed by atoms with Crippen molar-refractivity contribution in [2.45, 2.75) is 0 Å². The molecule has 0 atom stereocenters. The maximum atomic E-state index is 11.0. The van der Waals surface area contributed by atoms with Crippen molar-refractivity contribution in [3.05, 3.63) is 126 Å². The van der Waals surface area contributed by atoms with Crippen LogP contribution in [0.15, 0.2) is 115 Å².